The Bertz CT molecular complexity index is 1240. The van der Waals surface area contributed by atoms with Crippen LogP contribution in [0.15, 0.2) is 53.4 Å². The molecule has 0 atom stereocenters. The first-order valence-electron chi connectivity index (χ1n) is 9.90. The second-order valence-electron chi connectivity index (χ2n) is 7.56. The standard InChI is InChI=1S/C22H23FN4O3S/c1-15-5-3-4-6-20(15)31(29,30)27-12-11-19-18(14-27)21(25-26(19)2)22(28)24-13-16-7-9-17(23)10-8-16/h3-10H,11-14H2,1-2H3,(H,24,28). The molecule has 4 rings (SSSR count). The number of fused-ring (bicyclic) bond motifs is 1. The van der Waals surface area contributed by atoms with Gasteiger partial charge in [-0.05, 0) is 36.2 Å². The van der Waals surface area contributed by atoms with Crippen molar-refractivity contribution in [3.05, 3.63) is 82.4 Å². The molecule has 2 heterocycles. The van der Waals surface area contributed by atoms with Crippen molar-refractivity contribution >= 4 is 15.9 Å². The smallest absolute Gasteiger partial charge is 0.272 e. The van der Waals surface area contributed by atoms with Gasteiger partial charge in [-0.15, -0.1) is 0 Å². The highest BCUT2D eigenvalue weighted by molar-refractivity contribution is 7.89. The highest BCUT2D eigenvalue weighted by Gasteiger charge is 2.34. The Labute approximate surface area is 180 Å². The van der Waals surface area contributed by atoms with Crippen LogP contribution in [-0.4, -0.2) is 35.0 Å². The fourth-order valence-corrected chi connectivity index (χ4v) is 5.44. The van der Waals surface area contributed by atoms with Crippen LogP contribution in [0.25, 0.3) is 0 Å². The van der Waals surface area contributed by atoms with Gasteiger partial charge in [-0.2, -0.15) is 9.40 Å². The molecule has 9 heteroatoms. The van der Waals surface area contributed by atoms with E-state index >= 15 is 0 Å². The van der Waals surface area contributed by atoms with Crippen molar-refractivity contribution < 1.29 is 17.6 Å². The second kappa shape index (κ2) is 8.24. The summed E-state index contributed by atoms with van der Waals surface area (Å²) in [6, 6.07) is 12.7. The summed E-state index contributed by atoms with van der Waals surface area (Å²) >= 11 is 0. The molecule has 7 nitrogen and oxygen atoms in total. The van der Waals surface area contributed by atoms with Crippen molar-refractivity contribution in [1.82, 2.24) is 19.4 Å². The monoisotopic (exact) mass is 442 g/mol. The SMILES string of the molecule is Cc1ccccc1S(=O)(=O)N1CCc2c(c(C(=O)NCc3ccc(F)cc3)nn2C)C1. The predicted octanol–water partition coefficient (Wildman–Crippen LogP) is 2.54. The number of nitrogens with zero attached hydrogens (tertiary/aromatic N) is 3. The average molecular weight is 443 g/mol. The first-order valence-corrected chi connectivity index (χ1v) is 11.3. The Hall–Kier alpha value is -3.04. The van der Waals surface area contributed by atoms with E-state index < -0.39 is 15.9 Å². The fraction of sp³-hybridized carbons (Fsp3) is 0.273. The Morgan fingerprint density at radius 3 is 2.58 bits per heavy atom. The molecule has 1 aliphatic heterocycles. The average Bonchev–Trinajstić information content (AvgIpc) is 3.09. The molecule has 0 saturated heterocycles. The minimum atomic E-state index is -3.70. The van der Waals surface area contributed by atoms with Gasteiger partial charge in [0.2, 0.25) is 10.0 Å². The maximum Gasteiger partial charge on any atom is 0.272 e. The molecule has 162 valence electrons. The number of nitrogens with one attached hydrogen (secondary N) is 1. The second-order valence-corrected chi connectivity index (χ2v) is 9.47. The van der Waals surface area contributed by atoms with Gasteiger partial charge < -0.3 is 5.32 Å². The molecule has 3 aromatic rings. The lowest BCUT2D eigenvalue weighted by molar-refractivity contribution is 0.0943. The highest BCUT2D eigenvalue weighted by Crippen LogP contribution is 2.28. The first-order chi connectivity index (χ1) is 14.8. The number of sulfonamides is 1. The molecule has 1 N–H and O–H groups in total. The molecule has 2 aromatic carbocycles. The molecule has 0 radical (unpaired) electrons. The van der Waals surface area contributed by atoms with E-state index in [-0.39, 0.29) is 29.5 Å². The van der Waals surface area contributed by atoms with Crippen LogP contribution in [0.1, 0.15) is 32.9 Å². The molecule has 0 saturated carbocycles. The number of rotatable bonds is 5. The van der Waals surface area contributed by atoms with Gasteiger partial charge in [-0.1, -0.05) is 30.3 Å². The van der Waals surface area contributed by atoms with Gasteiger partial charge in [0.1, 0.15) is 5.82 Å². The van der Waals surface area contributed by atoms with Crippen molar-refractivity contribution in [2.45, 2.75) is 31.3 Å². The zero-order valence-corrected chi connectivity index (χ0v) is 18.1. The summed E-state index contributed by atoms with van der Waals surface area (Å²) in [7, 11) is -1.95. The maximum atomic E-state index is 13.2. The molecule has 31 heavy (non-hydrogen) atoms. The summed E-state index contributed by atoms with van der Waals surface area (Å²) in [4.78, 5) is 13.1. The first kappa shape index (κ1) is 21.2. The number of amides is 1. The van der Waals surface area contributed by atoms with Crippen molar-refractivity contribution in [3.63, 3.8) is 0 Å². The van der Waals surface area contributed by atoms with E-state index in [4.69, 9.17) is 0 Å². The number of carbonyl (C=O) groups excluding carboxylic acids is 1. The molecule has 0 unspecified atom stereocenters. The van der Waals surface area contributed by atoms with Gasteiger partial charge in [0.05, 0.1) is 4.90 Å². The van der Waals surface area contributed by atoms with Crippen molar-refractivity contribution in [2.24, 2.45) is 7.05 Å². The van der Waals surface area contributed by atoms with E-state index in [1.807, 2.05) is 0 Å². The number of benzene rings is 2. The Kier molecular flexibility index (Phi) is 5.63. The lowest BCUT2D eigenvalue weighted by Gasteiger charge is -2.27. The van der Waals surface area contributed by atoms with Gasteiger partial charge in [0, 0.05) is 44.4 Å². The van der Waals surface area contributed by atoms with Crippen LogP contribution in [-0.2, 0) is 36.6 Å². The number of hydrogen-bond acceptors (Lipinski definition) is 4. The summed E-state index contributed by atoms with van der Waals surface area (Å²) in [5.41, 5.74) is 3.11. The topological polar surface area (TPSA) is 84.3 Å². The molecule has 1 amide bonds. The van der Waals surface area contributed by atoms with Crippen LogP contribution in [0.5, 0.6) is 0 Å². The van der Waals surface area contributed by atoms with Crippen molar-refractivity contribution in [1.29, 1.82) is 0 Å². The number of hydrogen-bond donors (Lipinski definition) is 1. The summed E-state index contributed by atoms with van der Waals surface area (Å²) in [6.07, 6.45) is 0.467. The zero-order valence-electron chi connectivity index (χ0n) is 17.3. The van der Waals surface area contributed by atoms with Crippen LogP contribution in [0.4, 0.5) is 4.39 Å². The summed E-state index contributed by atoms with van der Waals surface area (Å²) in [6.45, 7) is 2.38. The molecule has 0 aliphatic carbocycles. The number of carbonyl (C=O) groups is 1. The summed E-state index contributed by atoms with van der Waals surface area (Å²) in [5, 5.41) is 7.14. The lowest BCUT2D eigenvalue weighted by atomic mass is 10.1. The maximum absolute atomic E-state index is 13.2. The van der Waals surface area contributed by atoms with E-state index in [0.29, 0.717) is 24.1 Å². The number of aromatic nitrogens is 2. The van der Waals surface area contributed by atoms with Gasteiger partial charge in [0.15, 0.2) is 5.69 Å². The predicted molar refractivity (Wildman–Crippen MR) is 113 cm³/mol. The third kappa shape index (κ3) is 4.11. The third-order valence-corrected chi connectivity index (χ3v) is 7.51. The molecular weight excluding hydrogens is 419 g/mol. The van der Waals surface area contributed by atoms with Crippen molar-refractivity contribution in [3.8, 4) is 0 Å². The highest BCUT2D eigenvalue weighted by atomic mass is 32.2. The lowest BCUT2D eigenvalue weighted by Crippen LogP contribution is -2.37. The Morgan fingerprint density at radius 2 is 1.87 bits per heavy atom. The van der Waals surface area contributed by atoms with Crippen LogP contribution in [0, 0.1) is 12.7 Å². The van der Waals surface area contributed by atoms with E-state index in [2.05, 4.69) is 10.4 Å². The quantitative estimate of drug-likeness (QED) is 0.658. The minimum absolute atomic E-state index is 0.0825. The van der Waals surface area contributed by atoms with Gasteiger partial charge in [-0.25, -0.2) is 12.8 Å². The molecule has 0 fully saturated rings. The fourth-order valence-electron chi connectivity index (χ4n) is 3.81. The number of aryl methyl sites for hydroxylation is 2. The normalized spacial score (nSPS) is 14.3. The van der Waals surface area contributed by atoms with Crippen LogP contribution in [0.3, 0.4) is 0 Å². The van der Waals surface area contributed by atoms with E-state index in [9.17, 15) is 17.6 Å². The zero-order chi connectivity index (χ0) is 22.2. The molecular formula is C22H23FN4O3S. The number of halogens is 1. The van der Waals surface area contributed by atoms with E-state index in [1.54, 1.807) is 55.1 Å². The molecule has 1 aliphatic rings. The van der Waals surface area contributed by atoms with E-state index in [1.165, 1.54) is 16.4 Å². The van der Waals surface area contributed by atoms with Gasteiger partial charge >= 0.3 is 0 Å². The van der Waals surface area contributed by atoms with Crippen LogP contribution in [0.2, 0.25) is 0 Å². The summed E-state index contributed by atoms with van der Waals surface area (Å²) < 4.78 is 42.5. The van der Waals surface area contributed by atoms with Crippen LogP contribution >= 0.6 is 0 Å². The largest absolute Gasteiger partial charge is 0.347 e. The third-order valence-electron chi connectivity index (χ3n) is 5.50. The van der Waals surface area contributed by atoms with E-state index in [0.717, 1.165) is 11.3 Å². The van der Waals surface area contributed by atoms with Crippen LogP contribution < -0.4 is 5.32 Å². The molecule has 0 spiro atoms. The molecule has 1 aromatic heterocycles. The van der Waals surface area contributed by atoms with Crippen molar-refractivity contribution in [2.75, 3.05) is 6.54 Å². The Balaban J connectivity index is 1.57. The molecule has 0 bridgehead atoms. The van der Waals surface area contributed by atoms with Gasteiger partial charge in [0.25, 0.3) is 5.91 Å². The minimum Gasteiger partial charge on any atom is -0.347 e. The summed E-state index contributed by atoms with van der Waals surface area (Å²) in [5.74, 6) is -0.736. The Morgan fingerprint density at radius 1 is 1.16 bits per heavy atom. The van der Waals surface area contributed by atoms with Gasteiger partial charge in [-0.3, -0.25) is 9.48 Å².